The Morgan fingerprint density at radius 2 is 1.39 bits per heavy atom. The summed E-state index contributed by atoms with van der Waals surface area (Å²) in [6, 6.07) is 0. The molecule has 23 atom stereocenters. The summed E-state index contributed by atoms with van der Waals surface area (Å²) in [6.07, 6.45) is -14.0. The maximum atomic E-state index is 14.0. The predicted molar refractivity (Wildman–Crippen MR) is 224 cm³/mol. The lowest BCUT2D eigenvalue weighted by molar-refractivity contribution is -0.386. The van der Waals surface area contributed by atoms with Crippen molar-refractivity contribution in [2.45, 2.75) is 211 Å². The number of aldehydes is 1. The van der Waals surface area contributed by atoms with Crippen molar-refractivity contribution in [2.75, 3.05) is 6.61 Å². The highest BCUT2D eigenvalue weighted by atomic mass is 16.8. The van der Waals surface area contributed by atoms with Crippen molar-refractivity contribution in [3.05, 3.63) is 11.6 Å². The molecule has 0 unspecified atom stereocenters. The highest BCUT2D eigenvalue weighted by molar-refractivity contribution is 5.73. The number of aliphatic carboxylic acids is 1. The van der Waals surface area contributed by atoms with E-state index < -0.39 is 116 Å². The summed E-state index contributed by atoms with van der Waals surface area (Å²) < 4.78 is 36.0. The Hall–Kier alpha value is -1.68. The van der Waals surface area contributed by atoms with Crippen molar-refractivity contribution in [2.24, 2.45) is 50.2 Å². The average Bonchev–Trinajstić information content (AvgIpc) is 3.22. The van der Waals surface area contributed by atoms with Crippen LogP contribution in [0.15, 0.2) is 11.6 Å². The van der Waals surface area contributed by atoms with Gasteiger partial charge >= 0.3 is 5.97 Å². The van der Waals surface area contributed by atoms with E-state index in [9.17, 15) is 55.5 Å². The minimum absolute atomic E-state index is 0.0000364. The summed E-state index contributed by atoms with van der Waals surface area (Å²) >= 11 is 0. The number of rotatable bonds is 8. The largest absolute Gasteiger partial charge is 0.479 e. The van der Waals surface area contributed by atoms with Gasteiger partial charge in [-0.05, 0) is 104 Å². The van der Waals surface area contributed by atoms with E-state index in [1.165, 1.54) is 18.8 Å². The fourth-order valence-corrected chi connectivity index (χ4v) is 14.6. The molecule has 8 rings (SSSR count). The van der Waals surface area contributed by atoms with Crippen LogP contribution in [-0.2, 0) is 38.0 Å². The molecule has 0 bridgehead atoms. The van der Waals surface area contributed by atoms with Gasteiger partial charge in [0.1, 0.15) is 61.2 Å². The number of aliphatic hydroxyl groups is 8. The molecular formula is C47H74O17. The second-order valence-corrected chi connectivity index (χ2v) is 23.0. The molecule has 0 aromatic rings. The molecule has 364 valence electrons. The molecule has 0 spiro atoms. The zero-order valence-electron chi connectivity index (χ0n) is 38.5. The summed E-state index contributed by atoms with van der Waals surface area (Å²) in [6.45, 7) is 16.6. The number of carbonyl (C=O) groups is 2. The van der Waals surface area contributed by atoms with Crippen LogP contribution in [-0.4, -0.2) is 163 Å². The quantitative estimate of drug-likeness (QED) is 0.0950. The van der Waals surface area contributed by atoms with Crippen LogP contribution >= 0.6 is 0 Å². The highest BCUT2D eigenvalue weighted by Gasteiger charge is 2.70. The van der Waals surface area contributed by atoms with Gasteiger partial charge < -0.3 is 79.2 Å². The van der Waals surface area contributed by atoms with E-state index in [2.05, 4.69) is 40.7 Å². The molecule has 17 heteroatoms. The van der Waals surface area contributed by atoms with Crippen LogP contribution in [0.25, 0.3) is 0 Å². The number of hydrogen-bond acceptors (Lipinski definition) is 16. The van der Waals surface area contributed by atoms with Gasteiger partial charge in [0.2, 0.25) is 0 Å². The van der Waals surface area contributed by atoms with Crippen LogP contribution in [0.2, 0.25) is 0 Å². The Morgan fingerprint density at radius 3 is 2.06 bits per heavy atom. The normalized spacial score (nSPS) is 54.6. The lowest BCUT2D eigenvalue weighted by atomic mass is 9.33. The molecule has 9 N–H and O–H groups in total. The minimum atomic E-state index is -2.01. The molecule has 3 aliphatic heterocycles. The van der Waals surface area contributed by atoms with Crippen molar-refractivity contribution in [3.63, 3.8) is 0 Å². The Labute approximate surface area is 375 Å². The zero-order valence-corrected chi connectivity index (χ0v) is 38.5. The third-order valence-electron chi connectivity index (χ3n) is 18.8. The first-order valence-electron chi connectivity index (χ1n) is 23.5. The number of ether oxygens (including phenoxy) is 6. The van der Waals surface area contributed by atoms with Gasteiger partial charge in [-0.2, -0.15) is 0 Å². The third-order valence-corrected chi connectivity index (χ3v) is 18.8. The Kier molecular flexibility index (Phi) is 12.8. The molecule has 0 aromatic carbocycles. The van der Waals surface area contributed by atoms with Gasteiger partial charge in [0.15, 0.2) is 25.0 Å². The van der Waals surface area contributed by atoms with Gasteiger partial charge in [0.05, 0.1) is 24.9 Å². The first-order valence-corrected chi connectivity index (χ1v) is 23.5. The van der Waals surface area contributed by atoms with E-state index in [1.807, 2.05) is 13.8 Å². The van der Waals surface area contributed by atoms with Crippen LogP contribution in [0.5, 0.6) is 0 Å². The van der Waals surface area contributed by atoms with Crippen LogP contribution in [0.3, 0.4) is 0 Å². The monoisotopic (exact) mass is 910 g/mol. The lowest BCUT2D eigenvalue weighted by Crippen LogP contribution is -2.68. The van der Waals surface area contributed by atoms with E-state index in [1.54, 1.807) is 0 Å². The third kappa shape index (κ3) is 7.40. The molecule has 0 amide bonds. The zero-order chi connectivity index (χ0) is 46.9. The molecule has 17 nitrogen and oxygen atoms in total. The van der Waals surface area contributed by atoms with Gasteiger partial charge in [0, 0.05) is 10.8 Å². The maximum Gasteiger partial charge on any atom is 0.335 e. The number of carboxylic acid groups (broad SMARTS) is 1. The van der Waals surface area contributed by atoms with Crippen molar-refractivity contribution < 1.29 is 84.0 Å². The molecule has 0 radical (unpaired) electrons. The molecule has 8 aliphatic rings. The Morgan fingerprint density at radius 1 is 0.719 bits per heavy atom. The van der Waals surface area contributed by atoms with Crippen LogP contribution in [0, 0.1) is 50.2 Å². The topological polar surface area (TPSA) is 272 Å². The summed E-state index contributed by atoms with van der Waals surface area (Å²) in [5.74, 6) is -1.46. The van der Waals surface area contributed by atoms with Crippen LogP contribution < -0.4 is 0 Å². The van der Waals surface area contributed by atoms with Crippen LogP contribution in [0.1, 0.15) is 113 Å². The second-order valence-electron chi connectivity index (χ2n) is 23.0. The van der Waals surface area contributed by atoms with Crippen molar-refractivity contribution in [1.82, 2.24) is 0 Å². The van der Waals surface area contributed by atoms with E-state index in [0.29, 0.717) is 12.8 Å². The Balaban J connectivity index is 1.06. The standard InChI is InChI=1S/C47H74O17/c1-21-29(51)31(53)34(56)39(60-21)63-36-30(52)24(49)19-59-40(36)64-37-33(55)32(54)35(38(57)58)62-41(37)61-28-12-14-47(20-48)25(43(28,4)5)11-13-46(8)26(47)10-9-22-23-17-42(2,3)18-27(50)44(23,6)15-16-45(22,46)7/h9,20-21,23-37,39-41,49-56H,10-19H2,1-8H3,(H,57,58)/t21-,23-,24+,25-,26-,27+,28-,29-,30-,31+,32-,33-,34+,35-,36+,37+,39-,40-,41+,44+,45+,46+,47+/m0/s1. The number of allylic oxidation sites excluding steroid dienone is 2. The summed E-state index contributed by atoms with van der Waals surface area (Å²) in [4.78, 5) is 26.4. The van der Waals surface area contributed by atoms with E-state index in [0.717, 1.165) is 44.9 Å². The highest BCUT2D eigenvalue weighted by Crippen LogP contribution is 2.75. The van der Waals surface area contributed by atoms with E-state index in [-0.39, 0.29) is 45.5 Å². The van der Waals surface area contributed by atoms with Gasteiger partial charge in [-0.15, -0.1) is 0 Å². The molecular weight excluding hydrogens is 837 g/mol. The minimum Gasteiger partial charge on any atom is -0.479 e. The SMILES string of the molecule is C[C@@H]1O[C@@H](O[C@H]2[C@H](O[C@H]3[C@H](O[C@H]4CC[C@]5(C=O)[C@H]6CC=C7[C@@H]8CC(C)(C)C[C@@H](O)[C@]8(C)CC[C@@]7(C)[C@]6(C)CC[C@H]5C4(C)C)O[C@H](C(=O)O)[C@@H](O)[C@@H]3O)OC[C@@H](O)[C@@H]2O)[C@H](O)[C@H](O)[C@H]1O. The molecule has 7 fully saturated rings. The van der Waals surface area contributed by atoms with Gasteiger partial charge in [-0.3, -0.25) is 0 Å². The molecule has 3 heterocycles. The number of hydrogen-bond donors (Lipinski definition) is 9. The van der Waals surface area contributed by atoms with Crippen molar-refractivity contribution >= 4 is 12.3 Å². The fraction of sp³-hybridized carbons (Fsp3) is 0.915. The van der Waals surface area contributed by atoms with E-state index >= 15 is 0 Å². The maximum absolute atomic E-state index is 14.0. The molecule has 64 heavy (non-hydrogen) atoms. The van der Waals surface area contributed by atoms with Gasteiger partial charge in [0.25, 0.3) is 0 Å². The first-order chi connectivity index (χ1) is 29.8. The lowest BCUT2D eigenvalue weighted by Gasteiger charge is -2.71. The second kappa shape index (κ2) is 16.8. The Bertz CT molecular complexity index is 1790. The predicted octanol–water partition coefficient (Wildman–Crippen LogP) is 1.55. The summed E-state index contributed by atoms with van der Waals surface area (Å²) in [7, 11) is 0. The summed E-state index contributed by atoms with van der Waals surface area (Å²) in [5.41, 5.74) is -0.586. The van der Waals surface area contributed by atoms with Crippen molar-refractivity contribution in [3.8, 4) is 0 Å². The van der Waals surface area contributed by atoms with Gasteiger partial charge in [-0.1, -0.05) is 60.1 Å². The first kappa shape index (κ1) is 48.8. The number of carboxylic acids is 1. The van der Waals surface area contributed by atoms with Crippen LogP contribution in [0.4, 0.5) is 0 Å². The number of fused-ring (bicyclic) bond motifs is 7. The fourth-order valence-electron chi connectivity index (χ4n) is 14.6. The summed E-state index contributed by atoms with van der Waals surface area (Å²) in [5, 5.41) is 97.3. The number of carbonyl (C=O) groups excluding carboxylic acids is 1. The molecule has 4 saturated carbocycles. The van der Waals surface area contributed by atoms with E-state index in [4.69, 9.17) is 28.4 Å². The van der Waals surface area contributed by atoms with Crippen molar-refractivity contribution in [1.29, 1.82) is 0 Å². The average molecular weight is 911 g/mol. The smallest absolute Gasteiger partial charge is 0.335 e. The molecule has 5 aliphatic carbocycles. The van der Waals surface area contributed by atoms with Gasteiger partial charge in [-0.25, -0.2) is 4.79 Å². The molecule has 0 aromatic heterocycles. The molecule has 3 saturated heterocycles. The number of aliphatic hydroxyl groups excluding tert-OH is 8.